The van der Waals surface area contributed by atoms with E-state index in [0.29, 0.717) is 11.6 Å². The fourth-order valence-electron chi connectivity index (χ4n) is 1.73. The number of benzene rings is 2. The number of ether oxygens (including phenoxy) is 1. The SMILES string of the molecule is O=C1OC(c2ccccc2)=N/C1=C/Sc1ccc(Br)cc1. The summed E-state index contributed by atoms with van der Waals surface area (Å²) in [5, 5.41) is 1.71. The van der Waals surface area contributed by atoms with Crippen LogP contribution in [-0.4, -0.2) is 11.9 Å². The van der Waals surface area contributed by atoms with Gasteiger partial charge in [-0.25, -0.2) is 9.79 Å². The van der Waals surface area contributed by atoms with E-state index in [1.54, 1.807) is 5.41 Å². The predicted molar refractivity (Wildman–Crippen MR) is 87.2 cm³/mol. The average Bonchev–Trinajstić information content (AvgIpc) is 2.89. The van der Waals surface area contributed by atoms with Crippen LogP contribution in [0.5, 0.6) is 0 Å². The molecule has 0 aliphatic carbocycles. The molecular weight excluding hydrogens is 350 g/mol. The lowest BCUT2D eigenvalue weighted by Crippen LogP contribution is -2.04. The van der Waals surface area contributed by atoms with Crippen molar-refractivity contribution in [2.75, 3.05) is 0 Å². The molecule has 2 aromatic carbocycles. The van der Waals surface area contributed by atoms with Gasteiger partial charge < -0.3 is 4.74 Å². The lowest BCUT2D eigenvalue weighted by molar-refractivity contribution is -0.130. The Morgan fingerprint density at radius 2 is 1.76 bits per heavy atom. The number of thioether (sulfide) groups is 1. The normalized spacial score (nSPS) is 16.0. The summed E-state index contributed by atoms with van der Waals surface area (Å²) in [6.45, 7) is 0. The number of hydrogen-bond donors (Lipinski definition) is 0. The van der Waals surface area contributed by atoms with Gasteiger partial charge in [-0.05, 0) is 36.4 Å². The molecule has 0 fully saturated rings. The molecule has 0 bridgehead atoms. The molecule has 0 N–H and O–H groups in total. The van der Waals surface area contributed by atoms with Crippen LogP contribution in [0, 0.1) is 0 Å². The Labute approximate surface area is 134 Å². The largest absolute Gasteiger partial charge is 0.402 e. The van der Waals surface area contributed by atoms with Gasteiger partial charge >= 0.3 is 5.97 Å². The molecule has 104 valence electrons. The highest BCUT2D eigenvalue weighted by Gasteiger charge is 2.23. The number of nitrogens with zero attached hydrogens (tertiary/aromatic N) is 1. The number of carbonyl (C=O) groups is 1. The van der Waals surface area contributed by atoms with Gasteiger partial charge in [0, 0.05) is 20.3 Å². The molecule has 5 heteroatoms. The van der Waals surface area contributed by atoms with Crippen molar-refractivity contribution in [3.63, 3.8) is 0 Å². The van der Waals surface area contributed by atoms with Crippen molar-refractivity contribution in [1.29, 1.82) is 0 Å². The van der Waals surface area contributed by atoms with Crippen LogP contribution >= 0.6 is 27.7 Å². The quantitative estimate of drug-likeness (QED) is 0.463. The van der Waals surface area contributed by atoms with Gasteiger partial charge in [0.1, 0.15) is 0 Å². The van der Waals surface area contributed by atoms with E-state index in [0.717, 1.165) is 14.9 Å². The summed E-state index contributed by atoms with van der Waals surface area (Å²) in [6, 6.07) is 17.2. The van der Waals surface area contributed by atoms with Crippen LogP contribution in [0.25, 0.3) is 0 Å². The Bertz CT molecular complexity index is 724. The number of hydrogen-bond acceptors (Lipinski definition) is 4. The fraction of sp³-hybridized carbons (Fsp3) is 0. The predicted octanol–water partition coefficient (Wildman–Crippen LogP) is 4.39. The van der Waals surface area contributed by atoms with E-state index in [1.807, 2.05) is 54.6 Å². The maximum absolute atomic E-state index is 11.8. The zero-order valence-electron chi connectivity index (χ0n) is 10.8. The van der Waals surface area contributed by atoms with E-state index in [4.69, 9.17) is 4.74 Å². The highest BCUT2D eigenvalue weighted by molar-refractivity contribution is 9.10. The molecule has 1 aliphatic rings. The Hall–Kier alpha value is -1.85. The molecule has 2 aromatic rings. The summed E-state index contributed by atoms with van der Waals surface area (Å²) in [5.74, 6) is -0.0679. The van der Waals surface area contributed by atoms with E-state index in [9.17, 15) is 4.79 Å². The first-order valence-corrected chi connectivity index (χ1v) is 7.88. The van der Waals surface area contributed by atoms with Crippen molar-refractivity contribution < 1.29 is 9.53 Å². The Morgan fingerprint density at radius 1 is 1.05 bits per heavy atom. The summed E-state index contributed by atoms with van der Waals surface area (Å²) in [5.41, 5.74) is 1.12. The summed E-state index contributed by atoms with van der Waals surface area (Å²) in [4.78, 5) is 17.1. The molecule has 1 heterocycles. The Kier molecular flexibility index (Phi) is 4.22. The zero-order valence-corrected chi connectivity index (χ0v) is 13.2. The molecule has 3 nitrogen and oxygen atoms in total. The van der Waals surface area contributed by atoms with Gasteiger partial charge in [-0.2, -0.15) is 0 Å². The van der Waals surface area contributed by atoms with Gasteiger partial charge in [-0.1, -0.05) is 45.9 Å². The van der Waals surface area contributed by atoms with Crippen LogP contribution in [0.4, 0.5) is 0 Å². The number of halogens is 1. The molecule has 0 saturated heterocycles. The van der Waals surface area contributed by atoms with Crippen LogP contribution in [0.3, 0.4) is 0 Å². The van der Waals surface area contributed by atoms with E-state index in [2.05, 4.69) is 20.9 Å². The van der Waals surface area contributed by atoms with Gasteiger partial charge in [0.05, 0.1) is 0 Å². The molecular formula is C16H10BrNO2S. The minimum atomic E-state index is -0.418. The summed E-state index contributed by atoms with van der Waals surface area (Å²) in [6.07, 6.45) is 0. The van der Waals surface area contributed by atoms with Gasteiger partial charge in [0.25, 0.3) is 0 Å². The van der Waals surface area contributed by atoms with Crippen molar-refractivity contribution in [3.05, 3.63) is 75.7 Å². The Balaban J connectivity index is 1.79. The first-order chi connectivity index (χ1) is 10.2. The maximum Gasteiger partial charge on any atom is 0.364 e. The Morgan fingerprint density at radius 3 is 2.48 bits per heavy atom. The second kappa shape index (κ2) is 6.28. The van der Waals surface area contributed by atoms with Gasteiger partial charge in [0.15, 0.2) is 5.70 Å². The molecule has 21 heavy (non-hydrogen) atoms. The van der Waals surface area contributed by atoms with Crippen LogP contribution in [0.2, 0.25) is 0 Å². The van der Waals surface area contributed by atoms with Gasteiger partial charge in [-0.3, -0.25) is 0 Å². The molecule has 0 spiro atoms. The second-order valence-corrected chi connectivity index (χ2v) is 6.11. The van der Waals surface area contributed by atoms with Crippen LogP contribution in [0.1, 0.15) is 5.56 Å². The smallest absolute Gasteiger partial charge is 0.364 e. The first kappa shape index (κ1) is 14.1. The number of esters is 1. The van der Waals surface area contributed by atoms with Crippen LogP contribution in [-0.2, 0) is 9.53 Å². The van der Waals surface area contributed by atoms with Gasteiger partial charge in [0.2, 0.25) is 5.90 Å². The molecule has 0 atom stereocenters. The third-order valence-electron chi connectivity index (χ3n) is 2.76. The lowest BCUT2D eigenvalue weighted by Gasteiger charge is -1.97. The average molecular weight is 360 g/mol. The number of aliphatic imine (C=N–C) groups is 1. The van der Waals surface area contributed by atoms with Crippen LogP contribution in [0.15, 0.2) is 80.1 Å². The third kappa shape index (κ3) is 3.43. The lowest BCUT2D eigenvalue weighted by atomic mass is 10.2. The molecule has 0 radical (unpaired) electrons. The standard InChI is InChI=1S/C16H10BrNO2S/c17-12-6-8-13(9-7-12)21-10-14-16(19)20-15(18-14)11-4-2-1-3-5-11/h1-10H/b14-10+. The van der Waals surface area contributed by atoms with E-state index >= 15 is 0 Å². The van der Waals surface area contributed by atoms with Crippen molar-refractivity contribution in [2.24, 2.45) is 4.99 Å². The first-order valence-electron chi connectivity index (χ1n) is 6.21. The minimum Gasteiger partial charge on any atom is -0.402 e. The van der Waals surface area contributed by atoms with Gasteiger partial charge in [-0.15, -0.1) is 0 Å². The van der Waals surface area contributed by atoms with Crippen molar-refractivity contribution in [1.82, 2.24) is 0 Å². The summed E-state index contributed by atoms with van der Waals surface area (Å²) < 4.78 is 6.21. The molecule has 0 unspecified atom stereocenters. The topological polar surface area (TPSA) is 38.7 Å². The maximum atomic E-state index is 11.8. The van der Waals surface area contributed by atoms with Crippen molar-refractivity contribution >= 4 is 39.6 Å². The molecule has 0 aromatic heterocycles. The minimum absolute atomic E-state index is 0.321. The number of cyclic esters (lactones) is 1. The molecule has 1 aliphatic heterocycles. The monoisotopic (exact) mass is 359 g/mol. The third-order valence-corrected chi connectivity index (χ3v) is 4.18. The summed E-state index contributed by atoms with van der Waals surface area (Å²) in [7, 11) is 0. The van der Waals surface area contributed by atoms with Crippen molar-refractivity contribution in [2.45, 2.75) is 4.90 Å². The van der Waals surface area contributed by atoms with E-state index in [-0.39, 0.29) is 0 Å². The fourth-order valence-corrected chi connectivity index (χ4v) is 2.69. The van der Waals surface area contributed by atoms with E-state index in [1.165, 1.54) is 11.8 Å². The molecule has 3 rings (SSSR count). The molecule has 0 saturated carbocycles. The summed E-state index contributed by atoms with van der Waals surface area (Å²) >= 11 is 4.82. The number of carbonyl (C=O) groups excluding carboxylic acids is 1. The molecule has 0 amide bonds. The highest BCUT2D eigenvalue weighted by atomic mass is 79.9. The van der Waals surface area contributed by atoms with E-state index < -0.39 is 5.97 Å². The zero-order chi connectivity index (χ0) is 14.7. The van der Waals surface area contributed by atoms with Crippen LogP contribution < -0.4 is 0 Å². The second-order valence-electron chi connectivity index (χ2n) is 4.25. The highest BCUT2D eigenvalue weighted by Crippen LogP contribution is 2.25. The number of rotatable bonds is 3. The van der Waals surface area contributed by atoms with Crippen molar-refractivity contribution in [3.8, 4) is 0 Å².